The van der Waals surface area contributed by atoms with Gasteiger partial charge in [-0.3, -0.25) is 4.79 Å². The van der Waals surface area contributed by atoms with Gasteiger partial charge in [-0.1, -0.05) is 35.1 Å². The Labute approximate surface area is 200 Å². The van der Waals surface area contributed by atoms with E-state index >= 15 is 0 Å². The van der Waals surface area contributed by atoms with Crippen LogP contribution in [-0.2, 0) is 6.54 Å². The lowest BCUT2D eigenvalue weighted by molar-refractivity contribution is 0.103. The van der Waals surface area contributed by atoms with Gasteiger partial charge in [0.15, 0.2) is 16.6 Å². The Morgan fingerprint density at radius 2 is 2.12 bits per heavy atom. The Hall–Kier alpha value is -3.56. The second-order valence-corrected chi connectivity index (χ2v) is 8.49. The molecule has 2 aromatic heterocycles. The Bertz CT molecular complexity index is 1220. The van der Waals surface area contributed by atoms with Gasteiger partial charge in [-0.05, 0) is 30.7 Å². The lowest BCUT2D eigenvalue weighted by Gasteiger charge is -2.12. The molecule has 8 nitrogen and oxygen atoms in total. The first-order valence-electron chi connectivity index (χ1n) is 10.1. The van der Waals surface area contributed by atoms with Crippen molar-refractivity contribution in [1.29, 1.82) is 0 Å². The molecular weight excluding hydrogens is 462 g/mol. The largest absolute Gasteiger partial charge is 0.493 e. The smallest absolute Gasteiger partial charge is 0.267 e. The molecule has 2 heterocycles. The van der Waals surface area contributed by atoms with Crippen molar-refractivity contribution in [3.63, 3.8) is 0 Å². The van der Waals surface area contributed by atoms with Crippen molar-refractivity contribution in [1.82, 2.24) is 14.5 Å². The number of hydrogen-bond acceptors (Lipinski definition) is 7. The van der Waals surface area contributed by atoms with Crippen LogP contribution < -0.4 is 20.1 Å². The number of nitrogens with one attached hydrogen (secondary N) is 2. The summed E-state index contributed by atoms with van der Waals surface area (Å²) in [6, 6.07) is 11.0. The molecule has 0 aliphatic carbocycles. The molecule has 0 spiro atoms. The third-order valence-electron chi connectivity index (χ3n) is 4.77. The Balaban J connectivity index is 1.39. The van der Waals surface area contributed by atoms with Gasteiger partial charge in [0.25, 0.3) is 5.91 Å². The van der Waals surface area contributed by atoms with E-state index in [-0.39, 0.29) is 5.91 Å². The molecule has 4 rings (SSSR count). The summed E-state index contributed by atoms with van der Waals surface area (Å²) in [6.07, 6.45) is 6.88. The van der Waals surface area contributed by atoms with Gasteiger partial charge in [0, 0.05) is 24.1 Å². The van der Waals surface area contributed by atoms with Gasteiger partial charge in [-0.2, -0.15) is 0 Å². The van der Waals surface area contributed by atoms with Crippen molar-refractivity contribution in [2.45, 2.75) is 13.5 Å². The number of amides is 1. The van der Waals surface area contributed by atoms with Crippen LogP contribution >= 0.6 is 22.9 Å². The Morgan fingerprint density at radius 1 is 1.24 bits per heavy atom. The minimum Gasteiger partial charge on any atom is -0.493 e. The number of carbonyl (C=O) groups is 1. The van der Waals surface area contributed by atoms with Crippen molar-refractivity contribution in [3.8, 4) is 11.5 Å². The Morgan fingerprint density at radius 3 is 2.88 bits per heavy atom. The van der Waals surface area contributed by atoms with Gasteiger partial charge < -0.3 is 24.7 Å². The van der Waals surface area contributed by atoms with E-state index in [4.69, 9.17) is 21.1 Å². The number of para-hydroxylation sites is 1. The topological polar surface area (TPSA) is 90.3 Å². The predicted molar refractivity (Wildman–Crippen MR) is 130 cm³/mol. The zero-order valence-electron chi connectivity index (χ0n) is 18.0. The summed E-state index contributed by atoms with van der Waals surface area (Å²) in [5.41, 5.74) is 2.25. The first-order valence-corrected chi connectivity index (χ1v) is 11.3. The number of rotatable bonds is 9. The number of aromatic nitrogens is 3. The van der Waals surface area contributed by atoms with Crippen LogP contribution in [0.1, 0.15) is 15.2 Å². The van der Waals surface area contributed by atoms with Crippen molar-refractivity contribution in [2.75, 3.05) is 24.4 Å². The van der Waals surface area contributed by atoms with Crippen molar-refractivity contribution in [3.05, 3.63) is 76.8 Å². The molecule has 0 bridgehead atoms. The number of imidazole rings is 1. The zero-order valence-corrected chi connectivity index (χ0v) is 19.6. The molecule has 10 heteroatoms. The molecule has 2 N–H and O–H groups in total. The molecule has 0 unspecified atom stereocenters. The van der Waals surface area contributed by atoms with Gasteiger partial charge in [0.2, 0.25) is 0 Å². The van der Waals surface area contributed by atoms with Crippen molar-refractivity contribution >= 4 is 45.4 Å². The molecule has 0 aliphatic heterocycles. The van der Waals surface area contributed by atoms with E-state index in [1.165, 1.54) is 17.5 Å². The fraction of sp³-hybridized carbons (Fsp3) is 0.174. The van der Waals surface area contributed by atoms with E-state index in [1.54, 1.807) is 25.7 Å². The fourth-order valence-corrected chi connectivity index (χ4v) is 4.07. The monoisotopic (exact) mass is 483 g/mol. The van der Waals surface area contributed by atoms with Crippen LogP contribution in [0.5, 0.6) is 11.5 Å². The number of hydrogen-bond donors (Lipinski definition) is 2. The summed E-state index contributed by atoms with van der Waals surface area (Å²) in [6.45, 7) is 3.05. The van der Waals surface area contributed by atoms with Gasteiger partial charge in [-0.15, -0.1) is 0 Å². The highest BCUT2D eigenvalue weighted by Crippen LogP contribution is 2.33. The predicted octanol–water partition coefficient (Wildman–Crippen LogP) is 5.38. The fourth-order valence-electron chi connectivity index (χ4n) is 3.07. The van der Waals surface area contributed by atoms with Gasteiger partial charge in [0.05, 0.1) is 36.9 Å². The average molecular weight is 484 g/mol. The van der Waals surface area contributed by atoms with E-state index < -0.39 is 0 Å². The molecule has 33 heavy (non-hydrogen) atoms. The maximum Gasteiger partial charge on any atom is 0.267 e. The summed E-state index contributed by atoms with van der Waals surface area (Å²) in [5, 5.41) is 7.12. The summed E-state index contributed by atoms with van der Waals surface area (Å²) >= 11 is 7.45. The van der Waals surface area contributed by atoms with E-state index in [0.717, 1.165) is 11.3 Å². The number of aryl methyl sites for hydroxylation is 1. The zero-order chi connectivity index (χ0) is 23.2. The molecule has 0 atom stereocenters. The summed E-state index contributed by atoms with van der Waals surface area (Å²) in [5.74, 6) is 0.961. The highest BCUT2D eigenvalue weighted by molar-refractivity contribution is 7.17. The summed E-state index contributed by atoms with van der Waals surface area (Å²) in [7, 11) is 1.59. The van der Waals surface area contributed by atoms with E-state index in [2.05, 4.69) is 20.6 Å². The first kappa shape index (κ1) is 22.6. The van der Waals surface area contributed by atoms with Gasteiger partial charge in [-0.25, -0.2) is 9.97 Å². The quantitative estimate of drug-likeness (QED) is 0.332. The van der Waals surface area contributed by atoms with Crippen molar-refractivity contribution < 1.29 is 14.3 Å². The van der Waals surface area contributed by atoms with Gasteiger partial charge >= 0.3 is 0 Å². The standard InChI is InChI=1S/C23H22ClN5O3S/c1-15-4-3-5-17(24)21(15)28-22(30)20-13-26-23(33-20)27-16-6-7-18(19(12-16)31-2)32-11-10-29-9-8-25-14-29/h3-9,12-14H,10-11H2,1-2H3,(H,26,27)(H,28,30). The minimum atomic E-state index is -0.268. The number of thiazole rings is 1. The Kier molecular flexibility index (Phi) is 7.11. The summed E-state index contributed by atoms with van der Waals surface area (Å²) < 4.78 is 13.2. The first-order chi connectivity index (χ1) is 16.0. The maximum atomic E-state index is 12.6. The molecule has 4 aromatic rings. The van der Waals surface area contributed by atoms with Crippen LogP contribution in [0.25, 0.3) is 0 Å². The molecule has 0 radical (unpaired) electrons. The molecule has 1 amide bonds. The number of halogens is 1. The lowest BCUT2D eigenvalue weighted by Crippen LogP contribution is -2.11. The van der Waals surface area contributed by atoms with Crippen LogP contribution in [-0.4, -0.2) is 34.2 Å². The van der Waals surface area contributed by atoms with E-state index in [0.29, 0.717) is 45.4 Å². The van der Waals surface area contributed by atoms with Crippen LogP contribution in [0.15, 0.2) is 61.3 Å². The molecule has 2 aromatic carbocycles. The van der Waals surface area contributed by atoms with Crippen LogP contribution in [0.3, 0.4) is 0 Å². The second-order valence-electron chi connectivity index (χ2n) is 7.06. The minimum absolute atomic E-state index is 0.268. The SMILES string of the molecule is COc1cc(Nc2ncc(C(=O)Nc3c(C)cccc3Cl)s2)ccc1OCCn1ccnc1. The van der Waals surface area contributed by atoms with Crippen molar-refractivity contribution in [2.24, 2.45) is 0 Å². The molecule has 0 saturated heterocycles. The van der Waals surface area contributed by atoms with Crippen LogP contribution in [0.4, 0.5) is 16.5 Å². The highest BCUT2D eigenvalue weighted by atomic mass is 35.5. The molecule has 0 fully saturated rings. The van der Waals surface area contributed by atoms with Crippen LogP contribution in [0.2, 0.25) is 5.02 Å². The molecular formula is C23H22ClN5O3S. The number of nitrogens with zero attached hydrogens (tertiary/aromatic N) is 3. The molecule has 0 saturated carbocycles. The average Bonchev–Trinajstić information content (AvgIpc) is 3.49. The van der Waals surface area contributed by atoms with Gasteiger partial charge in [0.1, 0.15) is 11.5 Å². The van der Waals surface area contributed by atoms with E-state index in [9.17, 15) is 4.79 Å². The third kappa shape index (κ3) is 5.63. The van der Waals surface area contributed by atoms with Crippen LogP contribution in [0, 0.1) is 6.92 Å². The number of methoxy groups -OCH3 is 1. The number of ether oxygens (including phenoxy) is 2. The molecule has 170 valence electrons. The normalized spacial score (nSPS) is 10.6. The number of carbonyl (C=O) groups excluding carboxylic acids is 1. The summed E-state index contributed by atoms with van der Waals surface area (Å²) in [4.78, 5) is 21.4. The maximum absolute atomic E-state index is 12.6. The third-order valence-corrected chi connectivity index (χ3v) is 6.00. The highest BCUT2D eigenvalue weighted by Gasteiger charge is 2.14. The second kappa shape index (κ2) is 10.4. The molecule has 0 aliphatic rings. The van der Waals surface area contributed by atoms with E-state index in [1.807, 2.05) is 48.0 Å². The number of anilines is 3. The number of benzene rings is 2. The lowest BCUT2D eigenvalue weighted by atomic mass is 10.2.